The third kappa shape index (κ3) is 1.96. The summed E-state index contributed by atoms with van der Waals surface area (Å²) in [7, 11) is 0. The summed E-state index contributed by atoms with van der Waals surface area (Å²) in [6.45, 7) is 1.88. The van der Waals surface area contributed by atoms with E-state index in [4.69, 9.17) is 4.74 Å². The lowest BCUT2D eigenvalue weighted by atomic mass is 9.85. The van der Waals surface area contributed by atoms with Crippen LogP contribution in [0.5, 0.6) is 0 Å². The zero-order valence-corrected chi connectivity index (χ0v) is 11.9. The summed E-state index contributed by atoms with van der Waals surface area (Å²) in [5.41, 5.74) is -1.29. The van der Waals surface area contributed by atoms with Gasteiger partial charge in [-0.15, -0.1) is 0 Å². The summed E-state index contributed by atoms with van der Waals surface area (Å²) in [5, 5.41) is 0. The molecule has 0 N–H and O–H groups in total. The molecule has 0 radical (unpaired) electrons. The molecule has 21 heavy (non-hydrogen) atoms. The van der Waals surface area contributed by atoms with Crippen LogP contribution in [0.2, 0.25) is 0 Å². The van der Waals surface area contributed by atoms with Crippen LogP contribution in [0.25, 0.3) is 0 Å². The first-order valence-corrected chi connectivity index (χ1v) is 7.12. The van der Waals surface area contributed by atoms with E-state index in [-0.39, 0.29) is 13.0 Å². The molecule has 3 rings (SSSR count). The van der Waals surface area contributed by atoms with Crippen LogP contribution in [0.4, 0.5) is 4.39 Å². The van der Waals surface area contributed by atoms with Crippen molar-refractivity contribution in [1.29, 1.82) is 0 Å². The molecule has 0 saturated heterocycles. The van der Waals surface area contributed by atoms with Crippen molar-refractivity contribution in [3.05, 3.63) is 71.8 Å². The van der Waals surface area contributed by atoms with E-state index in [1.165, 1.54) is 0 Å². The Labute approximate surface area is 123 Å². The third-order valence-electron chi connectivity index (χ3n) is 4.19. The Bertz CT molecular complexity index is 599. The fraction of sp³-hybridized carbons (Fsp3) is 0.278. The van der Waals surface area contributed by atoms with Crippen LogP contribution < -0.4 is 0 Å². The topological polar surface area (TPSA) is 26.3 Å². The van der Waals surface area contributed by atoms with E-state index in [2.05, 4.69) is 0 Å². The van der Waals surface area contributed by atoms with E-state index in [0.717, 1.165) is 11.1 Å². The van der Waals surface area contributed by atoms with Gasteiger partial charge in [-0.3, -0.25) is 0 Å². The Morgan fingerprint density at radius 2 is 1.52 bits per heavy atom. The number of carbonyl (C=O) groups excluding carboxylic acids is 1. The minimum Gasteiger partial charge on any atom is -0.464 e. The van der Waals surface area contributed by atoms with Gasteiger partial charge in [0.25, 0.3) is 0 Å². The minimum atomic E-state index is -1.98. The highest BCUT2D eigenvalue weighted by Gasteiger charge is 2.76. The lowest BCUT2D eigenvalue weighted by Gasteiger charge is -2.20. The fourth-order valence-electron chi connectivity index (χ4n) is 3.09. The van der Waals surface area contributed by atoms with Gasteiger partial charge in [-0.05, 0) is 18.1 Å². The van der Waals surface area contributed by atoms with E-state index in [0.29, 0.717) is 0 Å². The predicted molar refractivity (Wildman–Crippen MR) is 78.8 cm³/mol. The van der Waals surface area contributed by atoms with Crippen molar-refractivity contribution in [2.24, 2.45) is 0 Å². The third-order valence-corrected chi connectivity index (χ3v) is 4.19. The molecule has 2 aromatic carbocycles. The molecule has 1 fully saturated rings. The van der Waals surface area contributed by atoms with Gasteiger partial charge in [0.05, 0.1) is 12.0 Å². The smallest absolute Gasteiger partial charge is 0.345 e. The highest BCUT2D eigenvalue weighted by atomic mass is 19.1. The molecule has 2 nitrogen and oxygen atoms in total. The van der Waals surface area contributed by atoms with Crippen LogP contribution >= 0.6 is 0 Å². The van der Waals surface area contributed by atoms with Gasteiger partial charge in [-0.25, -0.2) is 9.18 Å². The molecule has 0 heterocycles. The number of esters is 1. The largest absolute Gasteiger partial charge is 0.464 e. The molecule has 2 aromatic rings. The van der Waals surface area contributed by atoms with Crippen molar-refractivity contribution in [2.45, 2.75) is 24.4 Å². The summed E-state index contributed by atoms with van der Waals surface area (Å²) < 4.78 is 20.3. The second-order valence-electron chi connectivity index (χ2n) is 5.34. The molecule has 0 unspecified atom stereocenters. The van der Waals surface area contributed by atoms with Gasteiger partial charge in [0.15, 0.2) is 0 Å². The normalized spacial score (nSPS) is 22.6. The number of rotatable bonds is 4. The standard InChI is InChI=1S/C18H17FO2/c1-2-21-16(20)18(19)13-17(18,14-9-5-3-6-10-14)15-11-7-4-8-12-15/h3-12H,2,13H2,1H3/t18-/m0/s1. The number of benzene rings is 2. The van der Waals surface area contributed by atoms with Crippen molar-refractivity contribution in [2.75, 3.05) is 6.61 Å². The van der Waals surface area contributed by atoms with Crippen LogP contribution in [0.1, 0.15) is 24.5 Å². The van der Waals surface area contributed by atoms with Gasteiger partial charge in [0.2, 0.25) is 5.67 Å². The van der Waals surface area contributed by atoms with Gasteiger partial charge < -0.3 is 4.74 Å². The molecule has 0 aliphatic heterocycles. The van der Waals surface area contributed by atoms with Crippen LogP contribution in [-0.2, 0) is 14.9 Å². The number of hydrogen-bond donors (Lipinski definition) is 0. The summed E-state index contributed by atoms with van der Waals surface area (Å²) >= 11 is 0. The maximum Gasteiger partial charge on any atom is 0.345 e. The first kappa shape index (κ1) is 13.8. The Hall–Kier alpha value is -2.16. The Morgan fingerprint density at radius 1 is 1.05 bits per heavy atom. The predicted octanol–water partition coefficient (Wildman–Crippen LogP) is 3.65. The highest BCUT2D eigenvalue weighted by molar-refractivity contribution is 5.89. The second kappa shape index (κ2) is 4.99. The number of alkyl halides is 1. The molecule has 1 saturated carbocycles. The summed E-state index contributed by atoms with van der Waals surface area (Å²) in [6.07, 6.45) is 0.132. The lowest BCUT2D eigenvalue weighted by Crippen LogP contribution is -2.31. The summed E-state index contributed by atoms with van der Waals surface area (Å²) in [6, 6.07) is 18.7. The Morgan fingerprint density at radius 3 is 1.95 bits per heavy atom. The van der Waals surface area contributed by atoms with Crippen LogP contribution in [0.15, 0.2) is 60.7 Å². The van der Waals surface area contributed by atoms with Crippen LogP contribution in [0, 0.1) is 0 Å². The van der Waals surface area contributed by atoms with E-state index in [9.17, 15) is 4.79 Å². The van der Waals surface area contributed by atoms with Crippen molar-refractivity contribution in [3.8, 4) is 0 Å². The van der Waals surface area contributed by atoms with Crippen LogP contribution in [0.3, 0.4) is 0 Å². The van der Waals surface area contributed by atoms with Crippen molar-refractivity contribution in [3.63, 3.8) is 0 Å². The molecule has 0 bridgehead atoms. The SMILES string of the molecule is CCOC(=O)[C@@]1(F)CC1(c1ccccc1)c1ccccc1. The van der Waals surface area contributed by atoms with Gasteiger partial charge >= 0.3 is 5.97 Å². The van der Waals surface area contributed by atoms with E-state index in [1.807, 2.05) is 60.7 Å². The van der Waals surface area contributed by atoms with Crippen molar-refractivity contribution >= 4 is 5.97 Å². The van der Waals surface area contributed by atoms with Gasteiger partial charge in [0, 0.05) is 6.42 Å². The molecular formula is C18H17FO2. The molecule has 1 atom stereocenters. The Kier molecular flexibility index (Phi) is 3.28. The molecule has 0 spiro atoms. The average molecular weight is 284 g/mol. The Balaban J connectivity index is 2.10. The molecule has 108 valence electrons. The van der Waals surface area contributed by atoms with Crippen molar-refractivity contribution < 1.29 is 13.9 Å². The monoisotopic (exact) mass is 284 g/mol. The molecular weight excluding hydrogens is 267 g/mol. The molecule has 0 aromatic heterocycles. The van der Waals surface area contributed by atoms with E-state index in [1.54, 1.807) is 6.92 Å². The fourth-order valence-corrected chi connectivity index (χ4v) is 3.09. The van der Waals surface area contributed by atoms with Gasteiger partial charge in [-0.1, -0.05) is 60.7 Å². The van der Waals surface area contributed by atoms with Gasteiger partial charge in [0.1, 0.15) is 0 Å². The number of halogens is 1. The maximum absolute atomic E-state index is 15.3. The average Bonchev–Trinajstić information content (AvgIpc) is 3.18. The highest BCUT2D eigenvalue weighted by Crippen LogP contribution is 2.64. The second-order valence-corrected chi connectivity index (χ2v) is 5.34. The molecule has 1 aliphatic carbocycles. The minimum absolute atomic E-state index is 0.132. The zero-order valence-electron chi connectivity index (χ0n) is 11.9. The summed E-state index contributed by atoms with van der Waals surface area (Å²) in [4.78, 5) is 12.1. The van der Waals surface area contributed by atoms with Crippen molar-refractivity contribution in [1.82, 2.24) is 0 Å². The number of ether oxygens (including phenoxy) is 1. The first-order chi connectivity index (χ1) is 10.1. The first-order valence-electron chi connectivity index (χ1n) is 7.12. The van der Waals surface area contributed by atoms with Gasteiger partial charge in [-0.2, -0.15) is 0 Å². The summed E-state index contributed by atoms with van der Waals surface area (Å²) in [5.74, 6) is -0.766. The van der Waals surface area contributed by atoms with E-state index >= 15 is 4.39 Å². The van der Waals surface area contributed by atoms with E-state index < -0.39 is 17.1 Å². The van der Waals surface area contributed by atoms with Crippen LogP contribution in [-0.4, -0.2) is 18.2 Å². The zero-order chi connectivity index (χ0) is 14.9. The molecule has 1 aliphatic rings. The quantitative estimate of drug-likeness (QED) is 0.801. The molecule has 0 amide bonds. The maximum atomic E-state index is 15.3. The number of hydrogen-bond acceptors (Lipinski definition) is 2. The molecule has 3 heteroatoms. The lowest BCUT2D eigenvalue weighted by molar-refractivity contribution is -0.151. The number of carbonyl (C=O) groups is 1.